The van der Waals surface area contributed by atoms with Crippen molar-refractivity contribution in [2.75, 3.05) is 7.05 Å². The van der Waals surface area contributed by atoms with Gasteiger partial charge in [0.1, 0.15) is 5.76 Å². The molecule has 19 heavy (non-hydrogen) atoms. The zero-order valence-corrected chi connectivity index (χ0v) is 12.0. The van der Waals surface area contributed by atoms with Gasteiger partial charge in [0.25, 0.3) is 0 Å². The Morgan fingerprint density at radius 2 is 1.74 bits per heavy atom. The smallest absolute Gasteiger partial charge is 0.145 e. The molecule has 104 valence electrons. The van der Waals surface area contributed by atoms with Crippen molar-refractivity contribution in [2.24, 2.45) is 23.7 Å². The predicted molar refractivity (Wildman–Crippen MR) is 73.8 cm³/mol. The van der Waals surface area contributed by atoms with Gasteiger partial charge in [0.05, 0.1) is 5.69 Å². The standard InChI is InChI=1S/C16H24N2O/c1-9-14(8-17-2)16(19-18-9)15-12-4-10-3-11(6-12)7-13(15)5-10/h10-13,15,17H,3-8H2,1-2H3. The second kappa shape index (κ2) is 4.34. The molecule has 0 atom stereocenters. The summed E-state index contributed by atoms with van der Waals surface area (Å²) >= 11 is 0. The number of hydrogen-bond donors (Lipinski definition) is 1. The Kier molecular flexibility index (Phi) is 2.73. The molecule has 1 heterocycles. The van der Waals surface area contributed by atoms with Crippen LogP contribution in [0.15, 0.2) is 4.52 Å². The van der Waals surface area contributed by atoms with E-state index in [1.165, 1.54) is 43.4 Å². The van der Waals surface area contributed by atoms with Gasteiger partial charge in [-0.3, -0.25) is 0 Å². The van der Waals surface area contributed by atoms with E-state index in [1.807, 2.05) is 7.05 Å². The highest BCUT2D eigenvalue weighted by molar-refractivity contribution is 5.27. The molecule has 5 rings (SSSR count). The van der Waals surface area contributed by atoms with E-state index in [2.05, 4.69) is 17.4 Å². The topological polar surface area (TPSA) is 38.1 Å². The van der Waals surface area contributed by atoms with Crippen molar-refractivity contribution in [1.82, 2.24) is 10.5 Å². The lowest BCUT2D eigenvalue weighted by atomic mass is 9.51. The highest BCUT2D eigenvalue weighted by Gasteiger charge is 2.50. The quantitative estimate of drug-likeness (QED) is 0.906. The molecule has 4 aliphatic rings. The zero-order valence-electron chi connectivity index (χ0n) is 12.0. The van der Waals surface area contributed by atoms with Gasteiger partial charge in [-0.25, -0.2) is 0 Å². The third kappa shape index (κ3) is 1.78. The van der Waals surface area contributed by atoms with Gasteiger partial charge >= 0.3 is 0 Å². The Labute approximate surface area is 115 Å². The van der Waals surface area contributed by atoms with Gasteiger partial charge in [0.15, 0.2) is 0 Å². The van der Waals surface area contributed by atoms with Crippen molar-refractivity contribution in [2.45, 2.75) is 51.5 Å². The lowest BCUT2D eigenvalue weighted by molar-refractivity contribution is -0.0117. The number of aryl methyl sites for hydroxylation is 1. The Morgan fingerprint density at radius 1 is 1.11 bits per heavy atom. The number of aromatic nitrogens is 1. The molecule has 3 nitrogen and oxygen atoms in total. The van der Waals surface area contributed by atoms with Gasteiger partial charge in [-0.1, -0.05) is 5.16 Å². The Hall–Kier alpha value is -0.830. The molecule has 4 saturated carbocycles. The van der Waals surface area contributed by atoms with Crippen molar-refractivity contribution in [3.63, 3.8) is 0 Å². The van der Waals surface area contributed by atoms with Crippen LogP contribution in [0.2, 0.25) is 0 Å². The van der Waals surface area contributed by atoms with Crippen molar-refractivity contribution in [3.8, 4) is 0 Å². The fourth-order valence-electron chi connectivity index (χ4n) is 5.41. The number of rotatable bonds is 3. The minimum Gasteiger partial charge on any atom is -0.360 e. The van der Waals surface area contributed by atoms with E-state index < -0.39 is 0 Å². The first kappa shape index (κ1) is 12.0. The molecule has 4 bridgehead atoms. The molecule has 0 radical (unpaired) electrons. The maximum Gasteiger partial charge on any atom is 0.145 e. The van der Waals surface area contributed by atoms with Crippen LogP contribution in [-0.4, -0.2) is 12.2 Å². The summed E-state index contributed by atoms with van der Waals surface area (Å²) in [6, 6.07) is 0. The first-order chi connectivity index (χ1) is 9.26. The van der Waals surface area contributed by atoms with Crippen LogP contribution in [0, 0.1) is 30.6 Å². The summed E-state index contributed by atoms with van der Waals surface area (Å²) in [7, 11) is 2.01. The minimum absolute atomic E-state index is 0.664. The summed E-state index contributed by atoms with van der Waals surface area (Å²) in [6.07, 6.45) is 7.28. The van der Waals surface area contributed by atoms with Gasteiger partial charge in [-0.15, -0.1) is 0 Å². The molecule has 1 aromatic heterocycles. The second-order valence-corrected chi connectivity index (χ2v) is 7.10. The Morgan fingerprint density at radius 3 is 2.32 bits per heavy atom. The zero-order chi connectivity index (χ0) is 13.0. The van der Waals surface area contributed by atoms with Gasteiger partial charge < -0.3 is 9.84 Å². The third-order valence-electron chi connectivity index (χ3n) is 5.90. The maximum absolute atomic E-state index is 5.78. The summed E-state index contributed by atoms with van der Waals surface area (Å²) in [4.78, 5) is 0. The summed E-state index contributed by atoms with van der Waals surface area (Å²) in [5, 5.41) is 7.53. The van der Waals surface area contributed by atoms with Crippen molar-refractivity contribution in [1.29, 1.82) is 0 Å². The molecule has 4 fully saturated rings. The van der Waals surface area contributed by atoms with Crippen LogP contribution in [0.5, 0.6) is 0 Å². The first-order valence-electron chi connectivity index (χ1n) is 7.86. The molecule has 1 aromatic rings. The summed E-state index contributed by atoms with van der Waals surface area (Å²) in [5.74, 6) is 5.68. The SMILES string of the molecule is CNCc1c(C)noc1C1C2CC3CC(C2)CC1C3. The van der Waals surface area contributed by atoms with Crippen LogP contribution in [0.4, 0.5) is 0 Å². The van der Waals surface area contributed by atoms with E-state index >= 15 is 0 Å². The second-order valence-electron chi connectivity index (χ2n) is 7.10. The monoisotopic (exact) mass is 260 g/mol. The first-order valence-corrected chi connectivity index (χ1v) is 7.86. The van der Waals surface area contributed by atoms with E-state index in [1.54, 1.807) is 0 Å². The molecule has 0 spiro atoms. The molecule has 0 aliphatic heterocycles. The van der Waals surface area contributed by atoms with Gasteiger partial charge in [-0.2, -0.15) is 0 Å². The van der Waals surface area contributed by atoms with Crippen molar-refractivity contribution in [3.05, 3.63) is 17.0 Å². The molecular formula is C16H24N2O. The van der Waals surface area contributed by atoms with Gasteiger partial charge in [-0.05, 0) is 69.7 Å². The molecule has 3 heteroatoms. The average molecular weight is 260 g/mol. The lowest BCUT2D eigenvalue weighted by Gasteiger charge is -2.53. The van der Waals surface area contributed by atoms with Gasteiger partial charge in [0.2, 0.25) is 0 Å². The predicted octanol–water partition coefficient (Wildman–Crippen LogP) is 3.24. The van der Waals surface area contributed by atoms with Crippen molar-refractivity contribution >= 4 is 0 Å². The number of nitrogens with zero attached hydrogens (tertiary/aromatic N) is 1. The highest BCUT2D eigenvalue weighted by Crippen LogP contribution is 2.60. The summed E-state index contributed by atoms with van der Waals surface area (Å²) in [5.41, 5.74) is 2.41. The van der Waals surface area contributed by atoms with Crippen LogP contribution < -0.4 is 5.32 Å². The van der Waals surface area contributed by atoms with Crippen LogP contribution in [0.1, 0.15) is 55.0 Å². The minimum atomic E-state index is 0.664. The number of hydrogen-bond acceptors (Lipinski definition) is 3. The van der Waals surface area contributed by atoms with Crippen molar-refractivity contribution < 1.29 is 4.52 Å². The fraction of sp³-hybridized carbons (Fsp3) is 0.812. The fourth-order valence-corrected chi connectivity index (χ4v) is 5.41. The van der Waals surface area contributed by atoms with E-state index in [9.17, 15) is 0 Å². The largest absolute Gasteiger partial charge is 0.360 e. The van der Waals surface area contributed by atoms with E-state index in [0.29, 0.717) is 5.92 Å². The molecular weight excluding hydrogens is 236 g/mol. The van der Waals surface area contributed by atoms with E-state index in [0.717, 1.165) is 35.9 Å². The third-order valence-corrected chi connectivity index (χ3v) is 5.90. The Bertz CT molecular complexity index is 451. The van der Waals surface area contributed by atoms with E-state index in [4.69, 9.17) is 4.52 Å². The van der Waals surface area contributed by atoms with Crippen LogP contribution in [0.3, 0.4) is 0 Å². The molecule has 0 amide bonds. The summed E-state index contributed by atoms with van der Waals surface area (Å²) in [6.45, 7) is 2.98. The average Bonchev–Trinajstić information content (AvgIpc) is 2.71. The lowest BCUT2D eigenvalue weighted by Crippen LogP contribution is -2.44. The number of nitrogens with one attached hydrogen (secondary N) is 1. The normalized spacial score (nSPS) is 40.0. The summed E-state index contributed by atoms with van der Waals surface area (Å²) < 4.78 is 5.78. The molecule has 1 N–H and O–H groups in total. The molecule has 0 unspecified atom stereocenters. The molecule has 0 saturated heterocycles. The maximum atomic E-state index is 5.78. The van der Waals surface area contributed by atoms with E-state index in [-0.39, 0.29) is 0 Å². The molecule has 0 aromatic carbocycles. The molecule has 4 aliphatic carbocycles. The van der Waals surface area contributed by atoms with Crippen LogP contribution in [-0.2, 0) is 6.54 Å². The van der Waals surface area contributed by atoms with Crippen LogP contribution in [0.25, 0.3) is 0 Å². The van der Waals surface area contributed by atoms with Gasteiger partial charge in [0, 0.05) is 18.0 Å². The van der Waals surface area contributed by atoms with Crippen LogP contribution >= 0.6 is 0 Å². The highest BCUT2D eigenvalue weighted by atomic mass is 16.5. The Balaban J connectivity index is 1.69.